The van der Waals surface area contributed by atoms with Crippen molar-refractivity contribution < 1.29 is 37.0 Å². The molecule has 176 valence electrons. The number of methoxy groups -OCH3 is 1. The zero-order valence-corrected chi connectivity index (χ0v) is 17.7. The molecule has 0 spiro atoms. The fourth-order valence-corrected chi connectivity index (χ4v) is 3.41. The summed E-state index contributed by atoms with van der Waals surface area (Å²) in [5, 5.41) is 2.69. The fraction of sp³-hybridized carbons (Fsp3) is 0.364. The smallest absolute Gasteiger partial charge is 0.416 e. The molecule has 11 heteroatoms. The predicted molar refractivity (Wildman–Crippen MR) is 111 cm³/mol. The van der Waals surface area contributed by atoms with Crippen molar-refractivity contribution in [1.82, 2.24) is 9.88 Å². The van der Waals surface area contributed by atoms with E-state index >= 15 is 0 Å². The second-order valence-corrected chi connectivity index (χ2v) is 7.36. The third kappa shape index (κ3) is 6.21. The standard InChI is InChI=1S/C22H22F3N3O5/c1-32-20(30)14-7-10-28(11-8-14)18(29)13-33-21(31)17-6-3-9-26-19(17)27-16-5-2-4-15(12-16)22(23,24)25/h2-6,9,12,14H,7-8,10-11,13H2,1H3,(H,26,27). The third-order valence-electron chi connectivity index (χ3n) is 5.19. The van der Waals surface area contributed by atoms with Gasteiger partial charge in [0.15, 0.2) is 6.61 Å². The zero-order chi connectivity index (χ0) is 24.0. The van der Waals surface area contributed by atoms with Gasteiger partial charge in [-0.15, -0.1) is 0 Å². The Balaban J connectivity index is 1.60. The number of alkyl halides is 3. The number of carbonyl (C=O) groups is 3. The molecule has 2 aromatic rings. The van der Waals surface area contributed by atoms with Crippen LogP contribution in [0.4, 0.5) is 24.7 Å². The zero-order valence-electron chi connectivity index (χ0n) is 17.7. The number of nitrogens with zero attached hydrogens (tertiary/aromatic N) is 2. The molecule has 3 rings (SSSR count). The molecule has 0 bridgehead atoms. The van der Waals surface area contributed by atoms with Crippen LogP contribution in [0.25, 0.3) is 0 Å². The van der Waals surface area contributed by atoms with Crippen LogP contribution in [0.5, 0.6) is 0 Å². The number of esters is 2. The molecule has 1 aliphatic heterocycles. The number of anilines is 2. The molecule has 1 N–H and O–H groups in total. The van der Waals surface area contributed by atoms with E-state index in [1.54, 1.807) is 0 Å². The van der Waals surface area contributed by atoms with Crippen molar-refractivity contribution in [2.75, 3.05) is 32.1 Å². The van der Waals surface area contributed by atoms with Crippen LogP contribution in [0, 0.1) is 5.92 Å². The summed E-state index contributed by atoms with van der Waals surface area (Å²) in [7, 11) is 1.31. The van der Waals surface area contributed by atoms with Crippen LogP contribution >= 0.6 is 0 Å². The maximum Gasteiger partial charge on any atom is 0.416 e. The lowest BCUT2D eigenvalue weighted by Gasteiger charge is -2.30. The molecule has 1 amide bonds. The topological polar surface area (TPSA) is 97.8 Å². The highest BCUT2D eigenvalue weighted by molar-refractivity contribution is 5.96. The van der Waals surface area contributed by atoms with Crippen LogP contribution in [0.1, 0.15) is 28.8 Å². The van der Waals surface area contributed by atoms with Crippen molar-refractivity contribution in [3.05, 3.63) is 53.7 Å². The van der Waals surface area contributed by atoms with Gasteiger partial charge in [0.05, 0.1) is 18.6 Å². The third-order valence-corrected chi connectivity index (χ3v) is 5.19. The average Bonchev–Trinajstić information content (AvgIpc) is 2.82. The minimum Gasteiger partial charge on any atom is -0.469 e. The fourth-order valence-electron chi connectivity index (χ4n) is 3.41. The van der Waals surface area contributed by atoms with E-state index in [1.807, 2.05) is 0 Å². The van der Waals surface area contributed by atoms with E-state index in [1.165, 1.54) is 42.5 Å². The Hall–Kier alpha value is -3.63. The minimum absolute atomic E-state index is 0.00633. The number of ether oxygens (including phenoxy) is 2. The van der Waals surface area contributed by atoms with Crippen LogP contribution in [0.2, 0.25) is 0 Å². The number of likely N-dealkylation sites (tertiary alicyclic amines) is 1. The maximum atomic E-state index is 12.9. The van der Waals surface area contributed by atoms with E-state index in [4.69, 9.17) is 9.47 Å². The Bertz CT molecular complexity index is 1020. The number of benzene rings is 1. The highest BCUT2D eigenvalue weighted by atomic mass is 19.4. The van der Waals surface area contributed by atoms with Crippen molar-refractivity contribution in [1.29, 1.82) is 0 Å². The summed E-state index contributed by atoms with van der Waals surface area (Å²) in [5.41, 5.74) is -0.802. The molecule has 1 aromatic carbocycles. The number of rotatable bonds is 6. The van der Waals surface area contributed by atoms with Gasteiger partial charge in [-0.2, -0.15) is 13.2 Å². The van der Waals surface area contributed by atoms with Gasteiger partial charge in [-0.25, -0.2) is 9.78 Å². The van der Waals surface area contributed by atoms with Gasteiger partial charge in [0.25, 0.3) is 5.91 Å². The summed E-state index contributed by atoms with van der Waals surface area (Å²) in [4.78, 5) is 42.0. The number of hydrogen-bond acceptors (Lipinski definition) is 7. The van der Waals surface area contributed by atoms with Crippen molar-refractivity contribution in [3.8, 4) is 0 Å². The molecular weight excluding hydrogens is 443 g/mol. The molecule has 0 atom stereocenters. The lowest BCUT2D eigenvalue weighted by molar-refractivity contribution is -0.149. The van der Waals surface area contributed by atoms with Gasteiger partial charge in [-0.1, -0.05) is 6.07 Å². The Morgan fingerprint density at radius 2 is 1.88 bits per heavy atom. The van der Waals surface area contributed by atoms with Gasteiger partial charge in [-0.05, 0) is 43.2 Å². The molecule has 0 unspecified atom stereocenters. The van der Waals surface area contributed by atoms with Crippen LogP contribution in [-0.2, 0) is 25.2 Å². The molecule has 1 aliphatic rings. The number of carbonyl (C=O) groups excluding carboxylic acids is 3. The Morgan fingerprint density at radius 3 is 2.55 bits per heavy atom. The molecule has 1 saturated heterocycles. The summed E-state index contributed by atoms with van der Waals surface area (Å²) < 4.78 is 48.7. The van der Waals surface area contributed by atoms with E-state index in [9.17, 15) is 27.6 Å². The van der Waals surface area contributed by atoms with Gasteiger partial charge in [-0.3, -0.25) is 9.59 Å². The van der Waals surface area contributed by atoms with Gasteiger partial charge in [0.1, 0.15) is 11.4 Å². The Labute approximate surface area is 187 Å². The summed E-state index contributed by atoms with van der Waals surface area (Å²) in [6, 6.07) is 7.31. The minimum atomic E-state index is -4.52. The second-order valence-electron chi connectivity index (χ2n) is 7.36. The first kappa shape index (κ1) is 24.0. The first-order valence-electron chi connectivity index (χ1n) is 10.1. The second kappa shape index (κ2) is 10.3. The molecule has 33 heavy (non-hydrogen) atoms. The average molecular weight is 465 g/mol. The van der Waals surface area contributed by atoms with E-state index in [-0.39, 0.29) is 29.0 Å². The van der Waals surface area contributed by atoms with Crippen molar-refractivity contribution in [2.24, 2.45) is 5.92 Å². The van der Waals surface area contributed by atoms with Gasteiger partial charge >= 0.3 is 18.1 Å². The first-order valence-corrected chi connectivity index (χ1v) is 10.1. The quantitative estimate of drug-likeness (QED) is 0.653. The molecule has 1 aromatic heterocycles. The van der Waals surface area contributed by atoms with Crippen molar-refractivity contribution in [2.45, 2.75) is 19.0 Å². The van der Waals surface area contributed by atoms with E-state index in [0.29, 0.717) is 25.9 Å². The lowest BCUT2D eigenvalue weighted by Crippen LogP contribution is -2.42. The number of halogens is 3. The predicted octanol–water partition coefficient (Wildman–Crippen LogP) is 3.41. The van der Waals surface area contributed by atoms with Crippen molar-refractivity contribution in [3.63, 3.8) is 0 Å². The highest BCUT2D eigenvalue weighted by Crippen LogP contribution is 2.31. The summed E-state index contributed by atoms with van der Waals surface area (Å²) in [6.07, 6.45) is -2.24. The number of nitrogens with one attached hydrogen (secondary N) is 1. The Kier molecular flexibility index (Phi) is 7.52. The number of hydrogen-bond donors (Lipinski definition) is 1. The number of pyridine rings is 1. The van der Waals surface area contributed by atoms with Crippen LogP contribution in [-0.4, -0.2) is 54.5 Å². The molecule has 0 aliphatic carbocycles. The molecule has 0 saturated carbocycles. The van der Waals surface area contributed by atoms with E-state index in [2.05, 4.69) is 10.3 Å². The summed E-state index contributed by atoms with van der Waals surface area (Å²) >= 11 is 0. The molecule has 1 fully saturated rings. The van der Waals surface area contributed by atoms with Gasteiger partial charge < -0.3 is 19.7 Å². The van der Waals surface area contributed by atoms with E-state index < -0.39 is 30.2 Å². The van der Waals surface area contributed by atoms with Gasteiger partial charge in [0, 0.05) is 25.0 Å². The first-order chi connectivity index (χ1) is 15.7. The summed E-state index contributed by atoms with van der Waals surface area (Å²) in [6.45, 7) is 0.163. The molecular formula is C22H22F3N3O5. The number of amides is 1. The highest BCUT2D eigenvalue weighted by Gasteiger charge is 2.31. The largest absolute Gasteiger partial charge is 0.469 e. The van der Waals surface area contributed by atoms with Crippen LogP contribution in [0.15, 0.2) is 42.6 Å². The van der Waals surface area contributed by atoms with Crippen molar-refractivity contribution >= 4 is 29.4 Å². The van der Waals surface area contributed by atoms with Crippen LogP contribution in [0.3, 0.4) is 0 Å². The SMILES string of the molecule is COC(=O)C1CCN(C(=O)COC(=O)c2cccnc2Nc2cccc(C(F)(F)F)c2)CC1. The molecule has 2 heterocycles. The monoisotopic (exact) mass is 465 g/mol. The Morgan fingerprint density at radius 1 is 1.15 bits per heavy atom. The maximum absolute atomic E-state index is 12.9. The van der Waals surface area contributed by atoms with Gasteiger partial charge in [0.2, 0.25) is 0 Å². The summed E-state index contributed by atoms with van der Waals surface area (Å²) in [5.74, 6) is -1.85. The number of aromatic nitrogens is 1. The lowest BCUT2D eigenvalue weighted by atomic mass is 9.97. The molecule has 8 nitrogen and oxygen atoms in total. The van der Waals surface area contributed by atoms with Crippen LogP contribution < -0.4 is 5.32 Å². The van der Waals surface area contributed by atoms with E-state index in [0.717, 1.165) is 12.1 Å². The molecule has 0 radical (unpaired) electrons. The number of piperidine rings is 1. The normalized spacial score (nSPS) is 14.5.